The maximum absolute atomic E-state index is 13.4. The van der Waals surface area contributed by atoms with Crippen molar-refractivity contribution in [3.8, 4) is 0 Å². The first-order valence-corrected chi connectivity index (χ1v) is 11.1. The highest BCUT2D eigenvalue weighted by Gasteiger charge is 2.39. The van der Waals surface area contributed by atoms with Crippen molar-refractivity contribution in [2.24, 2.45) is 5.92 Å². The second-order valence-electron chi connectivity index (χ2n) is 8.57. The molecule has 5 nitrogen and oxygen atoms in total. The summed E-state index contributed by atoms with van der Waals surface area (Å²) in [5.74, 6) is 0.959. The Hall–Kier alpha value is -1.88. The number of nitrogens with zero attached hydrogens (tertiary/aromatic N) is 3. The lowest BCUT2D eigenvalue weighted by Crippen LogP contribution is -2.59. The average Bonchev–Trinajstić information content (AvgIpc) is 3.29. The Kier molecular flexibility index (Phi) is 6.30. The molecule has 28 heavy (non-hydrogen) atoms. The number of piperazine rings is 1. The Morgan fingerprint density at radius 2 is 1.39 bits per heavy atom. The van der Waals surface area contributed by atoms with E-state index >= 15 is 0 Å². The van der Waals surface area contributed by atoms with Crippen molar-refractivity contribution in [2.75, 3.05) is 39.3 Å². The number of carbonyl (C=O) groups excluding carboxylic acids is 2. The van der Waals surface area contributed by atoms with Gasteiger partial charge in [0.25, 0.3) is 5.91 Å². The second-order valence-corrected chi connectivity index (χ2v) is 8.57. The van der Waals surface area contributed by atoms with Crippen molar-refractivity contribution in [3.05, 3.63) is 35.9 Å². The molecule has 2 aliphatic heterocycles. The number of likely N-dealkylation sites (tertiary alicyclic amines) is 1. The molecule has 3 fully saturated rings. The first kappa shape index (κ1) is 19.4. The molecule has 1 aromatic carbocycles. The number of amides is 2. The maximum atomic E-state index is 13.4. The summed E-state index contributed by atoms with van der Waals surface area (Å²) >= 11 is 0. The fourth-order valence-electron chi connectivity index (χ4n) is 5.20. The molecule has 2 amide bonds. The lowest BCUT2D eigenvalue weighted by molar-refractivity contribution is -0.140. The minimum atomic E-state index is 0.0228. The quantitative estimate of drug-likeness (QED) is 0.803. The van der Waals surface area contributed by atoms with Gasteiger partial charge in [-0.3, -0.25) is 14.5 Å². The van der Waals surface area contributed by atoms with Gasteiger partial charge in [-0.15, -0.1) is 0 Å². The SMILES string of the molecule is O=C(c1ccccc1)N1CCN(C(C(=O)N2CCCCC2)C2CCCC2)CC1. The van der Waals surface area contributed by atoms with Crippen LogP contribution in [0.1, 0.15) is 55.3 Å². The minimum absolute atomic E-state index is 0.0228. The smallest absolute Gasteiger partial charge is 0.253 e. The van der Waals surface area contributed by atoms with Crippen molar-refractivity contribution in [2.45, 2.75) is 51.0 Å². The summed E-state index contributed by atoms with van der Waals surface area (Å²) in [6, 6.07) is 9.56. The van der Waals surface area contributed by atoms with E-state index in [4.69, 9.17) is 0 Å². The number of carbonyl (C=O) groups is 2. The van der Waals surface area contributed by atoms with Gasteiger partial charge in [0.2, 0.25) is 5.91 Å². The Morgan fingerprint density at radius 1 is 0.750 bits per heavy atom. The zero-order chi connectivity index (χ0) is 19.3. The molecule has 2 saturated heterocycles. The van der Waals surface area contributed by atoms with Crippen molar-refractivity contribution in [1.29, 1.82) is 0 Å². The van der Waals surface area contributed by atoms with Crippen molar-refractivity contribution in [3.63, 3.8) is 0 Å². The summed E-state index contributed by atoms with van der Waals surface area (Å²) in [7, 11) is 0. The first-order valence-electron chi connectivity index (χ1n) is 11.1. The molecule has 5 heteroatoms. The molecule has 1 atom stereocenters. The van der Waals surface area contributed by atoms with E-state index in [0.717, 1.165) is 44.6 Å². The van der Waals surface area contributed by atoms with E-state index in [2.05, 4.69) is 9.80 Å². The largest absolute Gasteiger partial charge is 0.341 e. The molecule has 1 aliphatic carbocycles. The number of hydrogen-bond acceptors (Lipinski definition) is 3. The van der Waals surface area contributed by atoms with E-state index in [0.29, 0.717) is 24.9 Å². The van der Waals surface area contributed by atoms with E-state index in [9.17, 15) is 9.59 Å². The van der Waals surface area contributed by atoms with Crippen LogP contribution in [0.2, 0.25) is 0 Å². The van der Waals surface area contributed by atoms with Crippen LogP contribution in [0, 0.1) is 5.92 Å². The summed E-state index contributed by atoms with van der Waals surface area (Å²) in [4.78, 5) is 32.6. The average molecular weight is 384 g/mol. The molecule has 0 bridgehead atoms. The van der Waals surface area contributed by atoms with Gasteiger partial charge in [-0.25, -0.2) is 0 Å². The second kappa shape index (κ2) is 9.08. The zero-order valence-corrected chi connectivity index (χ0v) is 16.9. The van der Waals surface area contributed by atoms with Crippen LogP contribution in [0.4, 0.5) is 0 Å². The van der Waals surface area contributed by atoms with Gasteiger partial charge in [-0.05, 0) is 50.2 Å². The molecule has 0 aromatic heterocycles. The van der Waals surface area contributed by atoms with Gasteiger partial charge in [0, 0.05) is 44.8 Å². The van der Waals surface area contributed by atoms with E-state index in [1.54, 1.807) is 0 Å². The van der Waals surface area contributed by atoms with Gasteiger partial charge < -0.3 is 9.80 Å². The molecule has 4 rings (SSSR count). The van der Waals surface area contributed by atoms with E-state index in [1.165, 1.54) is 32.1 Å². The number of rotatable bonds is 4. The summed E-state index contributed by atoms with van der Waals surface area (Å²) in [6.07, 6.45) is 8.38. The molecule has 0 N–H and O–H groups in total. The Balaban J connectivity index is 1.42. The minimum Gasteiger partial charge on any atom is -0.341 e. The highest BCUT2D eigenvalue weighted by atomic mass is 16.2. The molecular weight excluding hydrogens is 350 g/mol. The fourth-order valence-corrected chi connectivity index (χ4v) is 5.20. The van der Waals surface area contributed by atoms with Crippen molar-refractivity contribution in [1.82, 2.24) is 14.7 Å². The molecule has 3 aliphatic rings. The Labute approximate surface area is 168 Å². The first-order chi connectivity index (χ1) is 13.7. The van der Waals surface area contributed by atoms with Gasteiger partial charge in [-0.1, -0.05) is 31.0 Å². The summed E-state index contributed by atoms with van der Waals surface area (Å²) in [6.45, 7) is 4.89. The molecule has 1 aromatic rings. The Bertz CT molecular complexity index is 658. The van der Waals surface area contributed by atoms with Crippen molar-refractivity contribution >= 4 is 11.8 Å². The van der Waals surface area contributed by atoms with Crippen LogP contribution < -0.4 is 0 Å². The molecule has 1 unspecified atom stereocenters. The molecule has 2 heterocycles. The highest BCUT2D eigenvalue weighted by Crippen LogP contribution is 2.32. The number of piperidine rings is 1. The van der Waals surface area contributed by atoms with Crippen LogP contribution in [-0.4, -0.2) is 71.8 Å². The molecule has 0 spiro atoms. The van der Waals surface area contributed by atoms with Crippen LogP contribution in [0.25, 0.3) is 0 Å². The molecular formula is C23H33N3O2. The Morgan fingerprint density at radius 3 is 2.04 bits per heavy atom. The van der Waals surface area contributed by atoms with Crippen LogP contribution in [-0.2, 0) is 4.79 Å². The van der Waals surface area contributed by atoms with E-state index in [1.807, 2.05) is 35.2 Å². The van der Waals surface area contributed by atoms with E-state index in [-0.39, 0.29) is 11.9 Å². The molecule has 0 radical (unpaired) electrons. The molecule has 1 saturated carbocycles. The number of hydrogen-bond donors (Lipinski definition) is 0. The normalized spacial score (nSPS) is 23.0. The van der Waals surface area contributed by atoms with Gasteiger partial charge >= 0.3 is 0 Å². The molecule has 152 valence electrons. The lowest BCUT2D eigenvalue weighted by atomic mass is 9.93. The third kappa shape index (κ3) is 4.24. The predicted molar refractivity (Wildman–Crippen MR) is 110 cm³/mol. The lowest BCUT2D eigenvalue weighted by Gasteiger charge is -2.43. The van der Waals surface area contributed by atoms with Gasteiger partial charge in [-0.2, -0.15) is 0 Å². The van der Waals surface area contributed by atoms with Gasteiger partial charge in [0.15, 0.2) is 0 Å². The fraction of sp³-hybridized carbons (Fsp3) is 0.652. The van der Waals surface area contributed by atoms with Crippen LogP contribution >= 0.6 is 0 Å². The van der Waals surface area contributed by atoms with Crippen LogP contribution in [0.15, 0.2) is 30.3 Å². The summed E-state index contributed by atoms with van der Waals surface area (Å²) in [5, 5.41) is 0. The maximum Gasteiger partial charge on any atom is 0.253 e. The van der Waals surface area contributed by atoms with Gasteiger partial charge in [0.1, 0.15) is 0 Å². The van der Waals surface area contributed by atoms with Crippen LogP contribution in [0.5, 0.6) is 0 Å². The standard InChI is InChI=1S/C23H33N3O2/c27-22(20-11-3-1-4-12-20)26-17-15-24(16-18-26)21(19-9-5-6-10-19)23(28)25-13-7-2-8-14-25/h1,3-4,11-12,19,21H,2,5-10,13-18H2. The monoisotopic (exact) mass is 383 g/mol. The number of benzene rings is 1. The predicted octanol–water partition coefficient (Wildman–Crippen LogP) is 3.02. The van der Waals surface area contributed by atoms with Gasteiger partial charge in [0.05, 0.1) is 6.04 Å². The third-order valence-corrected chi connectivity index (χ3v) is 6.78. The van der Waals surface area contributed by atoms with Crippen LogP contribution in [0.3, 0.4) is 0 Å². The topological polar surface area (TPSA) is 43.9 Å². The van der Waals surface area contributed by atoms with Crippen molar-refractivity contribution < 1.29 is 9.59 Å². The third-order valence-electron chi connectivity index (χ3n) is 6.78. The summed E-state index contributed by atoms with van der Waals surface area (Å²) < 4.78 is 0. The van der Waals surface area contributed by atoms with E-state index < -0.39 is 0 Å². The zero-order valence-electron chi connectivity index (χ0n) is 16.9. The highest BCUT2D eigenvalue weighted by molar-refractivity contribution is 5.94. The summed E-state index contributed by atoms with van der Waals surface area (Å²) in [5.41, 5.74) is 0.757.